The number of ether oxygens (including phenoxy) is 2. The fourth-order valence-electron chi connectivity index (χ4n) is 4.75. The Kier molecular flexibility index (Phi) is 5.04. The Morgan fingerprint density at radius 1 is 1.09 bits per heavy atom. The van der Waals surface area contributed by atoms with Gasteiger partial charge in [-0.1, -0.05) is 32.0 Å². The van der Waals surface area contributed by atoms with Gasteiger partial charge in [-0.2, -0.15) is 0 Å². The van der Waals surface area contributed by atoms with Gasteiger partial charge in [0.2, 0.25) is 0 Å². The van der Waals surface area contributed by atoms with Crippen LogP contribution in [0, 0.1) is 11.3 Å². The van der Waals surface area contributed by atoms with Crippen LogP contribution in [-0.4, -0.2) is 27.4 Å². The number of para-hydroxylation sites is 1. The van der Waals surface area contributed by atoms with Crippen molar-refractivity contribution in [2.24, 2.45) is 11.3 Å². The van der Waals surface area contributed by atoms with Gasteiger partial charge >= 0.3 is 5.97 Å². The molecule has 2 heterocycles. The van der Waals surface area contributed by atoms with Gasteiger partial charge in [-0.25, -0.2) is 9.97 Å². The number of hydrogen-bond acceptors (Lipinski definition) is 6. The monoisotopic (exact) mass is 442 g/mol. The minimum Gasteiger partial charge on any atom is -0.469 e. The van der Waals surface area contributed by atoms with E-state index in [1.165, 1.54) is 7.11 Å². The van der Waals surface area contributed by atoms with Crippen LogP contribution in [0.25, 0.3) is 16.8 Å². The number of carbonyl (C=O) groups excluding carboxylic acids is 1. The van der Waals surface area contributed by atoms with Gasteiger partial charge in [0.15, 0.2) is 0 Å². The van der Waals surface area contributed by atoms with E-state index < -0.39 is 0 Å². The van der Waals surface area contributed by atoms with E-state index in [2.05, 4.69) is 18.8 Å². The first-order chi connectivity index (χ1) is 15.9. The summed E-state index contributed by atoms with van der Waals surface area (Å²) in [7, 11) is 1.44. The van der Waals surface area contributed by atoms with Gasteiger partial charge in [0.25, 0.3) is 0 Å². The Morgan fingerprint density at radius 3 is 2.45 bits per heavy atom. The Hall–Kier alpha value is -3.87. The number of fused-ring (bicyclic) bond motifs is 1. The lowest BCUT2D eigenvalue weighted by Crippen LogP contribution is -2.48. The number of methoxy groups -OCH3 is 1. The molecule has 0 radical (unpaired) electrons. The molecule has 0 unspecified atom stereocenters. The first-order valence-corrected chi connectivity index (χ1v) is 10.9. The van der Waals surface area contributed by atoms with E-state index in [-0.39, 0.29) is 23.2 Å². The molecule has 7 nitrogen and oxygen atoms in total. The molecule has 2 aromatic carbocycles. The number of anilines is 1. The van der Waals surface area contributed by atoms with Crippen molar-refractivity contribution in [2.75, 3.05) is 12.8 Å². The van der Waals surface area contributed by atoms with Crippen molar-refractivity contribution in [3.05, 3.63) is 72.8 Å². The number of nitrogens with two attached hydrogens (primary N) is 1. The molecule has 0 saturated heterocycles. The molecule has 2 N–H and O–H groups in total. The summed E-state index contributed by atoms with van der Waals surface area (Å²) >= 11 is 0. The molecular weight excluding hydrogens is 416 g/mol. The zero-order valence-corrected chi connectivity index (χ0v) is 18.9. The molecule has 0 bridgehead atoms. The van der Waals surface area contributed by atoms with E-state index >= 15 is 0 Å². The Morgan fingerprint density at radius 2 is 1.79 bits per heavy atom. The summed E-state index contributed by atoms with van der Waals surface area (Å²) in [6.07, 6.45) is 4.24. The molecule has 33 heavy (non-hydrogen) atoms. The number of esters is 1. The van der Waals surface area contributed by atoms with Gasteiger partial charge in [-0.15, -0.1) is 0 Å². The quantitative estimate of drug-likeness (QED) is 0.434. The average molecular weight is 443 g/mol. The maximum Gasteiger partial charge on any atom is 0.309 e. The predicted molar refractivity (Wildman–Crippen MR) is 126 cm³/mol. The molecule has 1 saturated carbocycles. The summed E-state index contributed by atoms with van der Waals surface area (Å²) in [4.78, 5) is 21.5. The molecule has 7 heteroatoms. The maximum absolute atomic E-state index is 12.2. The van der Waals surface area contributed by atoms with Gasteiger partial charge in [0, 0.05) is 23.9 Å². The third-order valence-corrected chi connectivity index (χ3v) is 6.78. The highest BCUT2D eigenvalue weighted by atomic mass is 16.5. The highest BCUT2D eigenvalue weighted by Gasteiger charge is 2.54. The lowest BCUT2D eigenvalue weighted by Gasteiger charge is -2.49. The zero-order valence-electron chi connectivity index (χ0n) is 18.9. The first kappa shape index (κ1) is 21.0. The van der Waals surface area contributed by atoms with Gasteiger partial charge < -0.3 is 15.2 Å². The molecule has 1 fully saturated rings. The van der Waals surface area contributed by atoms with Crippen molar-refractivity contribution in [2.45, 2.75) is 26.2 Å². The number of benzene rings is 2. The molecule has 1 aliphatic rings. The second-order valence-electron chi connectivity index (χ2n) is 8.97. The molecule has 0 spiro atoms. The van der Waals surface area contributed by atoms with E-state index in [4.69, 9.17) is 20.2 Å². The average Bonchev–Trinajstić information content (AvgIpc) is 3.20. The van der Waals surface area contributed by atoms with Gasteiger partial charge in [-0.3, -0.25) is 9.20 Å². The van der Waals surface area contributed by atoms with Crippen LogP contribution in [0.15, 0.2) is 67.0 Å². The minimum atomic E-state index is -0.281. The Balaban J connectivity index is 1.52. The SMILES string of the molecule is COC(=O)[C@H]1C[C@@H](c2nc(-c3ccc(Oc4ccccc4)cc3)c3c(N)nccn23)C1(C)C. The van der Waals surface area contributed by atoms with Crippen LogP contribution in [0.3, 0.4) is 0 Å². The summed E-state index contributed by atoms with van der Waals surface area (Å²) < 4.78 is 12.9. The van der Waals surface area contributed by atoms with Crippen molar-refractivity contribution in [3.8, 4) is 22.8 Å². The van der Waals surface area contributed by atoms with E-state index in [9.17, 15) is 4.79 Å². The summed E-state index contributed by atoms with van der Waals surface area (Å²) in [6.45, 7) is 4.17. The molecule has 4 aromatic rings. The number of aromatic nitrogens is 3. The zero-order chi connectivity index (χ0) is 23.2. The van der Waals surface area contributed by atoms with Gasteiger partial charge in [0.05, 0.1) is 13.0 Å². The third kappa shape index (κ3) is 3.50. The van der Waals surface area contributed by atoms with Gasteiger partial charge in [-0.05, 0) is 48.2 Å². The number of rotatable bonds is 5. The van der Waals surface area contributed by atoms with Crippen LogP contribution in [-0.2, 0) is 9.53 Å². The molecule has 168 valence electrons. The second-order valence-corrected chi connectivity index (χ2v) is 8.97. The fourth-order valence-corrected chi connectivity index (χ4v) is 4.75. The van der Waals surface area contributed by atoms with Crippen LogP contribution < -0.4 is 10.5 Å². The van der Waals surface area contributed by atoms with Crippen molar-refractivity contribution >= 4 is 17.3 Å². The van der Waals surface area contributed by atoms with Crippen LogP contribution >= 0.6 is 0 Å². The fraction of sp³-hybridized carbons (Fsp3) is 0.269. The standard InChI is InChI=1S/C26H26N4O3/c1-26(2)19(15-20(26)25(31)32-3)24-29-21(22-23(27)28-13-14-30(22)24)16-9-11-18(12-10-16)33-17-7-5-4-6-8-17/h4-14,19-20H,15H2,1-3H3,(H2,27,28)/t19-,20+/m0/s1. The molecule has 1 aliphatic carbocycles. The number of imidazole rings is 1. The van der Waals surface area contributed by atoms with Gasteiger partial charge in [0.1, 0.15) is 34.4 Å². The van der Waals surface area contributed by atoms with E-state index in [0.29, 0.717) is 12.2 Å². The van der Waals surface area contributed by atoms with Crippen molar-refractivity contribution in [1.29, 1.82) is 0 Å². The molecule has 2 aromatic heterocycles. The highest BCUT2D eigenvalue weighted by molar-refractivity contribution is 5.85. The van der Waals surface area contributed by atoms with Crippen LogP contribution in [0.4, 0.5) is 5.82 Å². The topological polar surface area (TPSA) is 91.7 Å². The highest BCUT2D eigenvalue weighted by Crippen LogP contribution is 2.57. The summed E-state index contributed by atoms with van der Waals surface area (Å²) in [5, 5.41) is 0. The maximum atomic E-state index is 12.2. The van der Waals surface area contributed by atoms with Crippen molar-refractivity contribution in [3.63, 3.8) is 0 Å². The largest absolute Gasteiger partial charge is 0.469 e. The second kappa shape index (κ2) is 7.92. The number of carbonyl (C=O) groups is 1. The van der Waals surface area contributed by atoms with E-state index in [0.717, 1.165) is 34.1 Å². The summed E-state index contributed by atoms with van der Waals surface area (Å²) in [6, 6.07) is 17.4. The summed E-state index contributed by atoms with van der Waals surface area (Å²) in [5.74, 6) is 2.57. The molecule has 5 rings (SSSR count). The smallest absolute Gasteiger partial charge is 0.309 e. The molecular formula is C26H26N4O3. The lowest BCUT2D eigenvalue weighted by atomic mass is 9.54. The Bertz CT molecular complexity index is 1310. The van der Waals surface area contributed by atoms with Crippen LogP contribution in [0.5, 0.6) is 11.5 Å². The van der Waals surface area contributed by atoms with Crippen molar-refractivity contribution in [1.82, 2.24) is 14.4 Å². The van der Waals surface area contributed by atoms with Crippen LogP contribution in [0.2, 0.25) is 0 Å². The molecule has 0 amide bonds. The van der Waals surface area contributed by atoms with Crippen molar-refractivity contribution < 1.29 is 14.3 Å². The third-order valence-electron chi connectivity index (χ3n) is 6.78. The summed E-state index contributed by atoms with van der Waals surface area (Å²) in [5.41, 5.74) is 8.46. The van der Waals surface area contributed by atoms with Crippen LogP contribution in [0.1, 0.15) is 32.0 Å². The number of hydrogen-bond donors (Lipinski definition) is 1. The normalized spacial score (nSPS) is 19.1. The predicted octanol–water partition coefficient (Wildman–Crippen LogP) is 5.07. The first-order valence-electron chi connectivity index (χ1n) is 10.9. The molecule has 0 aliphatic heterocycles. The Labute approximate surface area is 192 Å². The minimum absolute atomic E-state index is 0.0883. The number of nitrogen functional groups attached to an aromatic ring is 1. The van der Waals surface area contributed by atoms with E-state index in [1.54, 1.807) is 6.20 Å². The lowest BCUT2D eigenvalue weighted by molar-refractivity contribution is -0.158. The number of nitrogens with zero attached hydrogens (tertiary/aromatic N) is 3. The molecule has 2 atom stereocenters. The van der Waals surface area contributed by atoms with E-state index in [1.807, 2.05) is 65.2 Å².